The lowest BCUT2D eigenvalue weighted by Crippen LogP contribution is -2.27. The van der Waals surface area contributed by atoms with Gasteiger partial charge in [-0.15, -0.1) is 0 Å². The van der Waals surface area contributed by atoms with Crippen molar-refractivity contribution < 1.29 is 4.39 Å². The SMILES string of the molecule is Cc1cn(-c2cccc(F)c2)c(P(c2ccccc2)c2ccccc2)n1. The molecule has 0 unspecified atom stereocenters. The van der Waals surface area contributed by atoms with Crippen molar-refractivity contribution in [2.45, 2.75) is 6.92 Å². The summed E-state index contributed by atoms with van der Waals surface area (Å²) < 4.78 is 15.8. The van der Waals surface area contributed by atoms with Gasteiger partial charge in [0.2, 0.25) is 0 Å². The molecule has 0 N–H and O–H groups in total. The molecular formula is C22H18FN2P. The van der Waals surface area contributed by atoms with Crippen LogP contribution in [-0.2, 0) is 0 Å². The molecule has 0 aliphatic heterocycles. The monoisotopic (exact) mass is 360 g/mol. The Morgan fingerprint density at radius 1 is 0.808 bits per heavy atom. The highest BCUT2D eigenvalue weighted by molar-refractivity contribution is 7.79. The largest absolute Gasteiger partial charge is 0.299 e. The molecule has 4 heteroatoms. The van der Waals surface area contributed by atoms with Crippen molar-refractivity contribution in [3.63, 3.8) is 0 Å². The first-order chi connectivity index (χ1) is 12.7. The van der Waals surface area contributed by atoms with Crippen LogP contribution < -0.4 is 16.2 Å². The Bertz CT molecular complexity index is 973. The predicted molar refractivity (Wildman–Crippen MR) is 107 cm³/mol. The van der Waals surface area contributed by atoms with Crippen molar-refractivity contribution in [2.24, 2.45) is 0 Å². The van der Waals surface area contributed by atoms with E-state index in [2.05, 4.69) is 48.5 Å². The second-order valence-electron chi connectivity index (χ2n) is 6.04. The Balaban J connectivity index is 1.93. The molecule has 0 bridgehead atoms. The summed E-state index contributed by atoms with van der Waals surface area (Å²) in [5.41, 5.74) is 2.66. The number of nitrogens with zero attached hydrogens (tertiary/aromatic N) is 2. The molecule has 0 amide bonds. The van der Waals surface area contributed by atoms with Gasteiger partial charge in [0.05, 0.1) is 11.4 Å². The Hall–Kier alpha value is -2.77. The number of hydrogen-bond acceptors (Lipinski definition) is 1. The van der Waals surface area contributed by atoms with E-state index < -0.39 is 7.92 Å². The van der Waals surface area contributed by atoms with Crippen LogP contribution in [0.1, 0.15) is 5.69 Å². The Morgan fingerprint density at radius 2 is 1.42 bits per heavy atom. The summed E-state index contributed by atoms with van der Waals surface area (Å²) in [5.74, 6) is -0.247. The zero-order chi connectivity index (χ0) is 17.9. The lowest BCUT2D eigenvalue weighted by Gasteiger charge is -2.19. The molecule has 3 aromatic carbocycles. The maximum atomic E-state index is 13.8. The van der Waals surface area contributed by atoms with Gasteiger partial charge in [-0.05, 0) is 35.7 Å². The molecule has 1 heterocycles. The molecule has 128 valence electrons. The van der Waals surface area contributed by atoms with Crippen LogP contribution in [0.3, 0.4) is 0 Å². The van der Waals surface area contributed by atoms with Crippen molar-refractivity contribution in [3.05, 3.63) is 103 Å². The first-order valence-electron chi connectivity index (χ1n) is 8.44. The molecule has 0 fully saturated rings. The number of hydrogen-bond donors (Lipinski definition) is 0. The van der Waals surface area contributed by atoms with E-state index in [4.69, 9.17) is 4.98 Å². The van der Waals surface area contributed by atoms with E-state index in [0.29, 0.717) is 0 Å². The zero-order valence-corrected chi connectivity index (χ0v) is 15.3. The molecule has 2 nitrogen and oxygen atoms in total. The second-order valence-corrected chi connectivity index (χ2v) is 8.14. The zero-order valence-electron chi connectivity index (χ0n) is 14.4. The van der Waals surface area contributed by atoms with Crippen molar-refractivity contribution in [2.75, 3.05) is 0 Å². The van der Waals surface area contributed by atoms with Crippen LogP contribution >= 0.6 is 7.92 Å². The lowest BCUT2D eigenvalue weighted by molar-refractivity contribution is 0.627. The normalized spacial score (nSPS) is 11.0. The third-order valence-corrected chi connectivity index (χ3v) is 6.47. The van der Waals surface area contributed by atoms with Gasteiger partial charge in [-0.25, -0.2) is 9.37 Å². The van der Waals surface area contributed by atoms with Crippen LogP contribution in [0.5, 0.6) is 0 Å². The smallest absolute Gasteiger partial charge is 0.145 e. The molecule has 0 saturated carbocycles. The third kappa shape index (κ3) is 3.31. The van der Waals surface area contributed by atoms with Crippen LogP contribution in [0.25, 0.3) is 5.69 Å². The average molecular weight is 360 g/mol. The molecule has 0 radical (unpaired) electrons. The average Bonchev–Trinajstić information content (AvgIpc) is 3.05. The van der Waals surface area contributed by atoms with Gasteiger partial charge in [0.25, 0.3) is 0 Å². The molecule has 1 aromatic heterocycles. The van der Waals surface area contributed by atoms with Crippen molar-refractivity contribution in [1.29, 1.82) is 0 Å². The number of rotatable bonds is 4. The highest BCUT2D eigenvalue weighted by atomic mass is 31.1. The van der Waals surface area contributed by atoms with Gasteiger partial charge in [-0.1, -0.05) is 66.7 Å². The Labute approximate surface area is 153 Å². The fourth-order valence-corrected chi connectivity index (χ4v) is 5.34. The van der Waals surface area contributed by atoms with Crippen molar-refractivity contribution in [1.82, 2.24) is 9.55 Å². The Kier molecular flexibility index (Phi) is 4.64. The lowest BCUT2D eigenvalue weighted by atomic mass is 10.3. The molecule has 0 aliphatic rings. The first-order valence-corrected chi connectivity index (χ1v) is 9.79. The van der Waals surface area contributed by atoms with Gasteiger partial charge in [-0.3, -0.25) is 4.57 Å². The van der Waals surface area contributed by atoms with Gasteiger partial charge in [0.15, 0.2) is 0 Å². The summed E-state index contributed by atoms with van der Waals surface area (Å²) in [5, 5.41) is 2.44. The van der Waals surface area contributed by atoms with E-state index in [-0.39, 0.29) is 5.82 Å². The highest BCUT2D eigenvalue weighted by Crippen LogP contribution is 2.33. The topological polar surface area (TPSA) is 17.8 Å². The minimum atomic E-state index is -0.850. The van der Waals surface area contributed by atoms with Crippen molar-refractivity contribution >= 4 is 24.1 Å². The molecular weight excluding hydrogens is 342 g/mol. The van der Waals surface area contributed by atoms with Crippen LogP contribution in [0.2, 0.25) is 0 Å². The maximum absolute atomic E-state index is 13.8. The quantitative estimate of drug-likeness (QED) is 0.502. The highest BCUT2D eigenvalue weighted by Gasteiger charge is 2.22. The third-order valence-electron chi connectivity index (χ3n) is 4.12. The molecule has 0 aliphatic carbocycles. The Morgan fingerprint density at radius 3 is 2.00 bits per heavy atom. The van der Waals surface area contributed by atoms with E-state index in [1.165, 1.54) is 16.7 Å². The molecule has 26 heavy (non-hydrogen) atoms. The maximum Gasteiger partial charge on any atom is 0.145 e. The summed E-state index contributed by atoms with van der Waals surface area (Å²) >= 11 is 0. The van der Waals surface area contributed by atoms with Crippen LogP contribution in [0, 0.1) is 12.7 Å². The second kappa shape index (κ2) is 7.23. The summed E-state index contributed by atoms with van der Waals surface area (Å²) in [6.45, 7) is 1.97. The van der Waals surface area contributed by atoms with E-state index >= 15 is 0 Å². The molecule has 4 aromatic rings. The predicted octanol–water partition coefficient (Wildman–Crippen LogP) is 4.08. The molecule has 0 atom stereocenters. The minimum absolute atomic E-state index is 0.247. The molecule has 0 spiro atoms. The van der Waals surface area contributed by atoms with Gasteiger partial charge in [0.1, 0.15) is 11.4 Å². The van der Waals surface area contributed by atoms with E-state index in [9.17, 15) is 4.39 Å². The molecule has 0 saturated heterocycles. The number of imidazole rings is 1. The van der Waals surface area contributed by atoms with E-state index in [1.54, 1.807) is 12.1 Å². The van der Waals surface area contributed by atoms with Crippen LogP contribution in [0.15, 0.2) is 91.1 Å². The van der Waals surface area contributed by atoms with E-state index in [1.807, 2.05) is 35.9 Å². The molecule has 4 rings (SSSR count). The summed E-state index contributed by atoms with van der Waals surface area (Å²) in [6.07, 6.45) is 1.98. The van der Waals surface area contributed by atoms with Gasteiger partial charge in [-0.2, -0.15) is 0 Å². The summed E-state index contributed by atoms with van der Waals surface area (Å²) in [7, 11) is -0.850. The standard InChI is InChI=1S/C22H18FN2P/c1-17-16-25(19-10-8-9-18(23)15-19)22(24-17)26(20-11-4-2-5-12-20)21-13-6-3-7-14-21/h2-16H,1H3. The number of aromatic nitrogens is 2. The van der Waals surface area contributed by atoms with Gasteiger partial charge in [0, 0.05) is 14.1 Å². The van der Waals surface area contributed by atoms with Gasteiger partial charge < -0.3 is 0 Å². The first kappa shape index (κ1) is 16.7. The summed E-state index contributed by atoms with van der Waals surface area (Å²) in [4.78, 5) is 4.84. The summed E-state index contributed by atoms with van der Waals surface area (Å²) in [6, 6.07) is 27.5. The van der Waals surface area contributed by atoms with Crippen LogP contribution in [0.4, 0.5) is 4.39 Å². The van der Waals surface area contributed by atoms with Crippen molar-refractivity contribution in [3.8, 4) is 5.69 Å². The van der Waals surface area contributed by atoms with Crippen LogP contribution in [-0.4, -0.2) is 9.55 Å². The fraction of sp³-hybridized carbons (Fsp3) is 0.0455. The fourth-order valence-electron chi connectivity index (χ4n) is 2.99. The number of halogens is 1. The number of aryl methyl sites for hydroxylation is 1. The minimum Gasteiger partial charge on any atom is -0.299 e. The van der Waals surface area contributed by atoms with Gasteiger partial charge >= 0.3 is 0 Å². The number of benzene rings is 3. The van der Waals surface area contributed by atoms with E-state index in [0.717, 1.165) is 16.9 Å².